The van der Waals surface area contributed by atoms with E-state index < -0.39 is 74.2 Å². The van der Waals surface area contributed by atoms with Crippen molar-refractivity contribution in [1.82, 2.24) is 4.90 Å². The molecule has 11 N–H and O–H groups in total. The lowest BCUT2D eigenvalue weighted by atomic mass is 9.55. The van der Waals surface area contributed by atoms with Crippen LogP contribution in [0.2, 0.25) is 5.02 Å². The van der Waals surface area contributed by atoms with Crippen molar-refractivity contribution in [1.29, 1.82) is 0 Å². The Kier molecular flexibility index (Phi) is 6.17. The maximum Gasteiger partial charge on any atom is 0.354 e. The standard InChI is InChI=1S/C17H26ClNO11/c1-7(2)6-15(24,19(16(25,26)27)17(28,29)30)14(4-3-5-14)8-10(20)12(22)9(18)13(23)11(8)21/h7,20-30H,3-6H2,1-2H3. The van der Waals surface area contributed by atoms with Crippen LogP contribution in [0.25, 0.3) is 0 Å². The Labute approximate surface area is 175 Å². The molecule has 172 valence electrons. The summed E-state index contributed by atoms with van der Waals surface area (Å²) >= 11 is 5.64. The molecule has 1 saturated carbocycles. The number of hydrogen-bond donors (Lipinski definition) is 11. The van der Waals surface area contributed by atoms with Crippen molar-refractivity contribution in [3.05, 3.63) is 10.6 Å². The molecule has 13 heteroatoms. The summed E-state index contributed by atoms with van der Waals surface area (Å²) in [6.07, 6.45) is -9.13. The molecule has 1 aliphatic rings. The smallest absolute Gasteiger partial charge is 0.354 e. The van der Waals surface area contributed by atoms with Crippen LogP contribution < -0.4 is 0 Å². The Morgan fingerprint density at radius 2 is 1.23 bits per heavy atom. The van der Waals surface area contributed by atoms with Gasteiger partial charge >= 0.3 is 12.2 Å². The number of hydrogen-bond acceptors (Lipinski definition) is 12. The predicted molar refractivity (Wildman–Crippen MR) is 98.7 cm³/mol. The topological polar surface area (TPSA) is 226 Å². The molecule has 0 spiro atoms. The molecule has 0 aromatic heterocycles. The summed E-state index contributed by atoms with van der Waals surface area (Å²) in [6, 6.07) is 0. The normalized spacial score (nSPS) is 19.1. The first kappa shape index (κ1) is 24.7. The van der Waals surface area contributed by atoms with Gasteiger partial charge in [-0.3, -0.25) is 0 Å². The van der Waals surface area contributed by atoms with Crippen LogP contribution in [-0.2, 0) is 5.41 Å². The number of halogens is 1. The van der Waals surface area contributed by atoms with Crippen molar-refractivity contribution in [2.45, 2.75) is 62.9 Å². The van der Waals surface area contributed by atoms with Crippen molar-refractivity contribution < 1.29 is 56.2 Å². The van der Waals surface area contributed by atoms with Crippen molar-refractivity contribution >= 4 is 11.6 Å². The lowest BCUT2D eigenvalue weighted by Crippen LogP contribution is -2.77. The molecule has 2 rings (SSSR count). The summed E-state index contributed by atoms with van der Waals surface area (Å²) in [7, 11) is 0. The van der Waals surface area contributed by atoms with E-state index in [-0.39, 0.29) is 19.3 Å². The van der Waals surface area contributed by atoms with E-state index in [4.69, 9.17) is 11.6 Å². The van der Waals surface area contributed by atoms with E-state index in [1.807, 2.05) is 0 Å². The second kappa shape index (κ2) is 7.51. The molecule has 0 saturated heterocycles. The zero-order valence-electron chi connectivity index (χ0n) is 16.2. The molecule has 0 amide bonds. The molecule has 0 heterocycles. The van der Waals surface area contributed by atoms with Gasteiger partial charge in [-0.2, -0.15) is 0 Å². The van der Waals surface area contributed by atoms with Crippen molar-refractivity contribution in [3.63, 3.8) is 0 Å². The molecule has 1 atom stereocenters. The first-order valence-corrected chi connectivity index (χ1v) is 9.32. The first-order chi connectivity index (χ1) is 13.4. The van der Waals surface area contributed by atoms with Crippen LogP contribution in [-0.4, -0.2) is 79.0 Å². The quantitative estimate of drug-likeness (QED) is 0.132. The van der Waals surface area contributed by atoms with E-state index in [9.17, 15) is 56.2 Å². The van der Waals surface area contributed by atoms with Gasteiger partial charge in [-0.1, -0.05) is 31.9 Å². The Morgan fingerprint density at radius 1 is 0.833 bits per heavy atom. The average Bonchev–Trinajstić information content (AvgIpc) is 2.49. The van der Waals surface area contributed by atoms with E-state index in [1.165, 1.54) is 13.8 Å². The highest BCUT2D eigenvalue weighted by molar-refractivity contribution is 6.34. The van der Waals surface area contributed by atoms with Gasteiger partial charge in [0.2, 0.25) is 0 Å². The third kappa shape index (κ3) is 3.64. The van der Waals surface area contributed by atoms with Crippen LogP contribution in [0.3, 0.4) is 0 Å². The van der Waals surface area contributed by atoms with E-state index >= 15 is 0 Å². The van der Waals surface area contributed by atoms with Crippen LogP contribution in [0.5, 0.6) is 23.0 Å². The third-order valence-electron chi connectivity index (χ3n) is 5.45. The van der Waals surface area contributed by atoms with Crippen LogP contribution in [0.1, 0.15) is 45.1 Å². The highest BCUT2D eigenvalue weighted by atomic mass is 35.5. The lowest BCUT2D eigenvalue weighted by Gasteiger charge is -2.60. The molecule has 1 aliphatic carbocycles. The Morgan fingerprint density at radius 3 is 1.50 bits per heavy atom. The van der Waals surface area contributed by atoms with Gasteiger partial charge in [-0.15, -0.1) is 4.90 Å². The number of nitrogens with zero attached hydrogens (tertiary/aromatic N) is 1. The Balaban J connectivity index is 2.94. The number of aliphatic hydroxyl groups is 7. The summed E-state index contributed by atoms with van der Waals surface area (Å²) in [4.78, 5) is -0.631. The Hall–Kier alpha value is -1.61. The number of benzene rings is 1. The summed E-state index contributed by atoms with van der Waals surface area (Å²) in [5, 5.41) is 110. The fourth-order valence-electron chi connectivity index (χ4n) is 4.27. The van der Waals surface area contributed by atoms with Crippen molar-refractivity contribution in [3.8, 4) is 23.0 Å². The van der Waals surface area contributed by atoms with Crippen LogP contribution >= 0.6 is 11.6 Å². The number of phenolic OH excluding ortho intramolecular Hbond substituents is 4. The average molecular weight is 456 g/mol. The molecule has 1 fully saturated rings. The molecule has 1 aromatic rings. The van der Waals surface area contributed by atoms with E-state index in [2.05, 4.69) is 0 Å². The molecule has 1 aromatic carbocycles. The van der Waals surface area contributed by atoms with Crippen LogP contribution in [0, 0.1) is 5.92 Å². The zero-order chi connectivity index (χ0) is 23.4. The molecule has 0 aliphatic heterocycles. The number of aromatic hydroxyl groups is 4. The summed E-state index contributed by atoms with van der Waals surface area (Å²) < 4.78 is 0. The van der Waals surface area contributed by atoms with Gasteiger partial charge in [0.05, 0.1) is 5.56 Å². The first-order valence-electron chi connectivity index (χ1n) is 8.94. The fourth-order valence-corrected chi connectivity index (χ4v) is 4.45. The zero-order valence-corrected chi connectivity index (χ0v) is 16.9. The molecule has 30 heavy (non-hydrogen) atoms. The van der Waals surface area contributed by atoms with Gasteiger partial charge < -0.3 is 56.2 Å². The van der Waals surface area contributed by atoms with Gasteiger partial charge in [0, 0.05) is 5.41 Å². The van der Waals surface area contributed by atoms with Crippen LogP contribution in [0.15, 0.2) is 0 Å². The summed E-state index contributed by atoms with van der Waals surface area (Å²) in [6.45, 7) is 3.04. The highest BCUT2D eigenvalue weighted by Gasteiger charge is 2.68. The third-order valence-corrected chi connectivity index (χ3v) is 5.81. The van der Waals surface area contributed by atoms with Gasteiger partial charge in [-0.25, -0.2) is 0 Å². The second-order valence-electron chi connectivity index (χ2n) is 7.97. The summed E-state index contributed by atoms with van der Waals surface area (Å²) in [5.41, 5.74) is -5.77. The summed E-state index contributed by atoms with van der Waals surface area (Å²) in [5.74, 6) is -4.89. The minimum absolute atomic E-state index is 0.194. The number of phenols is 4. The van der Waals surface area contributed by atoms with E-state index in [1.54, 1.807) is 0 Å². The minimum Gasteiger partial charge on any atom is -0.504 e. The van der Waals surface area contributed by atoms with E-state index in [0.29, 0.717) is 0 Å². The number of rotatable bonds is 7. The van der Waals surface area contributed by atoms with Gasteiger partial charge in [-0.05, 0) is 25.2 Å². The molecule has 0 radical (unpaired) electrons. The maximum absolute atomic E-state index is 11.6. The van der Waals surface area contributed by atoms with Gasteiger partial charge in [0.1, 0.15) is 10.7 Å². The largest absolute Gasteiger partial charge is 0.504 e. The van der Waals surface area contributed by atoms with Gasteiger partial charge in [0.25, 0.3) is 0 Å². The maximum atomic E-state index is 11.6. The molecule has 0 bridgehead atoms. The van der Waals surface area contributed by atoms with Gasteiger partial charge in [0.15, 0.2) is 23.0 Å². The molecular weight excluding hydrogens is 430 g/mol. The molecule has 12 nitrogen and oxygen atoms in total. The highest BCUT2D eigenvalue weighted by Crippen LogP contribution is 2.63. The SMILES string of the molecule is CC(C)CC(O)(N(C(O)(O)O)C(O)(O)O)C1(c2c(O)c(O)c(Cl)c(O)c2O)CCC1. The van der Waals surface area contributed by atoms with Crippen molar-refractivity contribution in [2.75, 3.05) is 0 Å². The predicted octanol–water partition coefficient (Wildman–Crippen LogP) is -1.20. The monoisotopic (exact) mass is 455 g/mol. The fraction of sp³-hybridized carbons (Fsp3) is 0.647. The molecule has 1 unspecified atom stereocenters. The van der Waals surface area contributed by atoms with Crippen molar-refractivity contribution in [2.24, 2.45) is 5.92 Å². The molecular formula is C17H26ClNO11. The van der Waals surface area contributed by atoms with E-state index in [0.717, 1.165) is 0 Å². The van der Waals surface area contributed by atoms with Crippen LogP contribution in [0.4, 0.5) is 0 Å². The lowest BCUT2D eigenvalue weighted by molar-refractivity contribution is -0.552. The second-order valence-corrected chi connectivity index (χ2v) is 8.35. The Bertz CT molecular complexity index is 770. The minimum atomic E-state index is -4.22.